The predicted octanol–water partition coefficient (Wildman–Crippen LogP) is 5.24. The van der Waals surface area contributed by atoms with E-state index >= 15 is 0 Å². The number of benzene rings is 2. The molecule has 0 aliphatic heterocycles. The van der Waals surface area contributed by atoms with Crippen molar-refractivity contribution in [1.82, 2.24) is 14.8 Å². The third kappa shape index (κ3) is 5.43. The summed E-state index contributed by atoms with van der Waals surface area (Å²) < 4.78 is 21.6. The molecule has 0 fully saturated rings. The normalized spacial score (nSPS) is 11.0. The Morgan fingerprint density at radius 2 is 1.90 bits per heavy atom. The second-order valence-electron chi connectivity index (χ2n) is 7.51. The van der Waals surface area contributed by atoms with Crippen molar-refractivity contribution in [3.05, 3.63) is 54.3 Å². The first-order valence-electron chi connectivity index (χ1n) is 10.2. The van der Waals surface area contributed by atoms with Gasteiger partial charge in [-0.1, -0.05) is 39.3 Å². The van der Waals surface area contributed by atoms with Gasteiger partial charge in [0, 0.05) is 12.1 Å². The first-order chi connectivity index (χ1) is 14.5. The van der Waals surface area contributed by atoms with Gasteiger partial charge in [0.15, 0.2) is 5.82 Å². The zero-order valence-corrected chi connectivity index (χ0v) is 17.6. The van der Waals surface area contributed by atoms with Gasteiger partial charge in [-0.15, -0.1) is 5.10 Å². The first kappa shape index (κ1) is 21.5. The summed E-state index contributed by atoms with van der Waals surface area (Å²) in [5.41, 5.74) is 1.72. The molecule has 2 aromatic carbocycles. The van der Waals surface area contributed by atoms with Crippen molar-refractivity contribution in [2.45, 2.75) is 40.0 Å². The molecule has 1 heterocycles. The van der Waals surface area contributed by atoms with Gasteiger partial charge in [0.1, 0.15) is 5.82 Å². The third-order valence-electron chi connectivity index (χ3n) is 4.40. The summed E-state index contributed by atoms with van der Waals surface area (Å²) in [6.45, 7) is 6.57. The number of ether oxygens (including phenoxy) is 1. The van der Waals surface area contributed by atoms with Crippen LogP contribution in [0, 0.1) is 11.7 Å². The summed E-state index contributed by atoms with van der Waals surface area (Å²) in [6, 6.07) is 13.8. The first-order valence-corrected chi connectivity index (χ1v) is 10.2. The van der Waals surface area contributed by atoms with Crippen LogP contribution in [-0.2, 0) is 4.79 Å². The van der Waals surface area contributed by atoms with E-state index in [-0.39, 0.29) is 17.7 Å². The minimum Gasteiger partial charge on any atom is -0.462 e. The number of nitrogens with zero attached hydrogens (tertiary/aromatic N) is 3. The highest BCUT2D eigenvalue weighted by Gasteiger charge is 2.18. The molecule has 0 radical (unpaired) electrons. The van der Waals surface area contributed by atoms with Crippen molar-refractivity contribution in [1.29, 1.82) is 0 Å². The minimum absolute atomic E-state index is 0.0122. The lowest BCUT2D eigenvalue weighted by Crippen LogP contribution is -2.11. The van der Waals surface area contributed by atoms with Gasteiger partial charge in [-0.25, -0.2) is 9.07 Å². The molecule has 0 bridgehead atoms. The topological polar surface area (TPSA) is 69.0 Å². The highest BCUT2D eigenvalue weighted by Crippen LogP contribution is 2.26. The van der Waals surface area contributed by atoms with Crippen molar-refractivity contribution in [3.8, 4) is 23.1 Å². The lowest BCUT2D eigenvalue weighted by Gasteiger charge is -2.09. The fourth-order valence-corrected chi connectivity index (χ4v) is 2.84. The molecule has 6 nitrogen and oxygen atoms in total. The molecule has 3 rings (SSSR count). The maximum Gasteiger partial charge on any atom is 0.336 e. The number of rotatable bonds is 9. The molecule has 7 heteroatoms. The fourth-order valence-electron chi connectivity index (χ4n) is 2.84. The van der Waals surface area contributed by atoms with Gasteiger partial charge in [-0.3, -0.25) is 4.79 Å². The minimum atomic E-state index is -0.388. The molecule has 0 aliphatic rings. The molecule has 0 unspecified atom stereocenters. The summed E-state index contributed by atoms with van der Waals surface area (Å²) in [7, 11) is 0. The van der Waals surface area contributed by atoms with Crippen LogP contribution in [0.25, 0.3) is 17.1 Å². The number of anilines is 1. The molecule has 0 saturated carbocycles. The molecule has 1 N–H and O–H groups in total. The number of carbonyl (C=O) groups is 1. The highest BCUT2D eigenvalue weighted by atomic mass is 19.1. The Bertz CT molecular complexity index is 983. The van der Waals surface area contributed by atoms with E-state index in [0.29, 0.717) is 41.7 Å². The Morgan fingerprint density at radius 1 is 1.17 bits per heavy atom. The van der Waals surface area contributed by atoms with Gasteiger partial charge >= 0.3 is 6.01 Å². The molecule has 0 aliphatic carbocycles. The van der Waals surface area contributed by atoms with Crippen molar-refractivity contribution in [2.24, 2.45) is 5.92 Å². The maximum absolute atomic E-state index is 14.4. The van der Waals surface area contributed by atoms with Gasteiger partial charge in [-0.2, -0.15) is 4.98 Å². The predicted molar refractivity (Wildman–Crippen MR) is 115 cm³/mol. The third-order valence-corrected chi connectivity index (χ3v) is 4.40. The zero-order chi connectivity index (χ0) is 21.5. The number of hydrogen-bond acceptors (Lipinski definition) is 4. The van der Waals surface area contributed by atoms with E-state index in [1.165, 1.54) is 6.07 Å². The van der Waals surface area contributed by atoms with Gasteiger partial charge in [0.05, 0.1) is 17.9 Å². The van der Waals surface area contributed by atoms with Crippen LogP contribution in [0.15, 0.2) is 48.5 Å². The van der Waals surface area contributed by atoms with E-state index < -0.39 is 0 Å². The molecule has 0 atom stereocenters. The molecule has 1 aromatic heterocycles. The van der Waals surface area contributed by atoms with Crippen LogP contribution < -0.4 is 10.1 Å². The number of amides is 1. The van der Waals surface area contributed by atoms with Crippen LogP contribution in [-0.4, -0.2) is 27.3 Å². The number of hydrogen-bond donors (Lipinski definition) is 1. The Morgan fingerprint density at radius 3 is 2.57 bits per heavy atom. The van der Waals surface area contributed by atoms with Crippen LogP contribution in [0.1, 0.15) is 40.0 Å². The number of aromatic nitrogens is 3. The van der Waals surface area contributed by atoms with Gasteiger partial charge in [0.25, 0.3) is 0 Å². The smallest absolute Gasteiger partial charge is 0.336 e. The molecule has 3 aromatic rings. The zero-order valence-electron chi connectivity index (χ0n) is 17.6. The number of nitrogens with one attached hydrogen (secondary N) is 1. The summed E-state index contributed by atoms with van der Waals surface area (Å²) in [5, 5.41) is 7.31. The van der Waals surface area contributed by atoms with Crippen molar-refractivity contribution in [2.75, 3.05) is 11.9 Å². The number of halogens is 1. The van der Waals surface area contributed by atoms with Crippen LogP contribution in [0.3, 0.4) is 0 Å². The van der Waals surface area contributed by atoms with Gasteiger partial charge < -0.3 is 10.1 Å². The summed E-state index contributed by atoms with van der Waals surface area (Å²) in [4.78, 5) is 16.4. The molecule has 30 heavy (non-hydrogen) atoms. The van der Waals surface area contributed by atoms with E-state index in [1.54, 1.807) is 47.1 Å². The largest absolute Gasteiger partial charge is 0.462 e. The lowest BCUT2D eigenvalue weighted by atomic mass is 10.2. The molecule has 0 spiro atoms. The summed E-state index contributed by atoms with van der Waals surface area (Å²) >= 11 is 0. The quantitative estimate of drug-likeness (QED) is 0.524. The van der Waals surface area contributed by atoms with Crippen LogP contribution >= 0.6 is 0 Å². The molecule has 1 amide bonds. The summed E-state index contributed by atoms with van der Waals surface area (Å²) in [6.07, 6.45) is 2.32. The van der Waals surface area contributed by atoms with E-state index in [4.69, 9.17) is 4.74 Å². The molecule has 0 saturated heterocycles. The fraction of sp³-hybridized carbons (Fsp3) is 0.348. The number of carbonyl (C=O) groups excluding carboxylic acids is 1. The van der Waals surface area contributed by atoms with E-state index in [1.807, 2.05) is 20.8 Å². The summed E-state index contributed by atoms with van der Waals surface area (Å²) in [5.74, 6) is 0.263. The molecule has 158 valence electrons. The highest BCUT2D eigenvalue weighted by molar-refractivity contribution is 5.90. The number of unbranched alkanes of at least 4 members (excludes halogenated alkanes) is 1. The van der Waals surface area contributed by atoms with Crippen molar-refractivity contribution < 1.29 is 13.9 Å². The van der Waals surface area contributed by atoms with E-state index in [0.717, 1.165) is 12.8 Å². The lowest BCUT2D eigenvalue weighted by molar-refractivity contribution is -0.116. The average Bonchev–Trinajstić information content (AvgIpc) is 3.15. The monoisotopic (exact) mass is 410 g/mol. The van der Waals surface area contributed by atoms with Crippen molar-refractivity contribution >= 4 is 11.6 Å². The molecular weight excluding hydrogens is 383 g/mol. The average molecular weight is 410 g/mol. The Balaban J connectivity index is 1.90. The second kappa shape index (κ2) is 10.0. The van der Waals surface area contributed by atoms with Gasteiger partial charge in [-0.05, 0) is 48.7 Å². The Labute approximate surface area is 176 Å². The Kier molecular flexibility index (Phi) is 7.17. The van der Waals surface area contributed by atoms with Gasteiger partial charge in [0.2, 0.25) is 5.91 Å². The standard InChI is InChI=1S/C23H27FN4O2/c1-4-5-10-21(29)25-17-11-13-18(14-12-17)28-22(19-8-6-7-9-20(19)24)26-23(27-28)30-15-16(2)3/h6-9,11-14,16H,4-5,10,15H2,1-3H3,(H,25,29). The van der Waals surface area contributed by atoms with E-state index in [2.05, 4.69) is 15.4 Å². The van der Waals surface area contributed by atoms with Crippen LogP contribution in [0.2, 0.25) is 0 Å². The van der Waals surface area contributed by atoms with Crippen molar-refractivity contribution in [3.63, 3.8) is 0 Å². The second-order valence-corrected chi connectivity index (χ2v) is 7.51. The maximum atomic E-state index is 14.4. The molecular formula is C23H27FN4O2. The SMILES string of the molecule is CCCCC(=O)Nc1ccc(-n2nc(OCC(C)C)nc2-c2ccccc2F)cc1. The Hall–Kier alpha value is -3.22. The van der Waals surface area contributed by atoms with E-state index in [9.17, 15) is 9.18 Å². The van der Waals surface area contributed by atoms with Crippen LogP contribution in [0.4, 0.5) is 10.1 Å². The van der Waals surface area contributed by atoms with Crippen LogP contribution in [0.5, 0.6) is 6.01 Å².